The largest absolute Gasteiger partial charge is 0.481 e. The minimum Gasteiger partial charge on any atom is -0.481 e. The zero-order valence-corrected chi connectivity index (χ0v) is 9.75. The van der Waals surface area contributed by atoms with Crippen molar-refractivity contribution in [2.45, 2.75) is 57.0 Å². The predicted molar refractivity (Wildman–Crippen MR) is 57.1 cm³/mol. The lowest BCUT2D eigenvalue weighted by molar-refractivity contribution is -0.177. The predicted octanol–water partition coefficient (Wildman–Crippen LogP) is 2.84. The third kappa shape index (κ3) is 2.44. The van der Waals surface area contributed by atoms with Gasteiger partial charge in [-0.15, -0.1) is 0 Å². The van der Waals surface area contributed by atoms with Crippen LogP contribution < -0.4 is 0 Å². The molecule has 1 N–H and O–H groups in total. The standard InChI is InChI=1S/C12H18F2O3/c13-12(14)6-4-11(5-7-12,10(15)16)9-3-1-2-8-17-9/h9H,1-8H2,(H,15,16). The van der Waals surface area contributed by atoms with Crippen molar-refractivity contribution in [3.05, 3.63) is 0 Å². The molecular formula is C12H18F2O3. The van der Waals surface area contributed by atoms with Crippen LogP contribution in [-0.4, -0.2) is 29.7 Å². The zero-order valence-electron chi connectivity index (χ0n) is 9.75. The summed E-state index contributed by atoms with van der Waals surface area (Å²) in [6.45, 7) is 0.552. The number of rotatable bonds is 2. The van der Waals surface area contributed by atoms with Gasteiger partial charge in [-0.05, 0) is 32.1 Å². The monoisotopic (exact) mass is 248 g/mol. The molecule has 1 aliphatic heterocycles. The topological polar surface area (TPSA) is 46.5 Å². The lowest BCUT2D eigenvalue weighted by Gasteiger charge is -2.43. The van der Waals surface area contributed by atoms with Crippen molar-refractivity contribution in [3.8, 4) is 0 Å². The smallest absolute Gasteiger partial charge is 0.312 e. The number of hydrogen-bond acceptors (Lipinski definition) is 2. The van der Waals surface area contributed by atoms with E-state index in [2.05, 4.69) is 0 Å². The second-order valence-electron chi connectivity index (χ2n) is 5.17. The lowest BCUT2D eigenvalue weighted by Crippen LogP contribution is -2.49. The van der Waals surface area contributed by atoms with Crippen molar-refractivity contribution in [2.75, 3.05) is 6.61 Å². The van der Waals surface area contributed by atoms with Crippen LogP contribution in [0.25, 0.3) is 0 Å². The Hall–Kier alpha value is -0.710. The fourth-order valence-corrected chi connectivity index (χ4v) is 2.91. The maximum atomic E-state index is 13.1. The molecule has 1 saturated carbocycles. The summed E-state index contributed by atoms with van der Waals surface area (Å²) in [4.78, 5) is 11.5. The average molecular weight is 248 g/mol. The summed E-state index contributed by atoms with van der Waals surface area (Å²) in [7, 11) is 0. The molecule has 0 spiro atoms. The second-order valence-corrected chi connectivity index (χ2v) is 5.17. The quantitative estimate of drug-likeness (QED) is 0.817. The highest BCUT2D eigenvalue weighted by atomic mass is 19.3. The van der Waals surface area contributed by atoms with E-state index in [1.807, 2.05) is 0 Å². The van der Waals surface area contributed by atoms with Gasteiger partial charge in [0.1, 0.15) is 0 Å². The molecule has 0 aromatic heterocycles. The first-order chi connectivity index (χ1) is 7.96. The van der Waals surface area contributed by atoms with E-state index in [1.165, 1.54) is 0 Å². The molecule has 0 amide bonds. The van der Waals surface area contributed by atoms with Gasteiger partial charge in [0.05, 0.1) is 11.5 Å². The normalized spacial score (nSPS) is 32.0. The summed E-state index contributed by atoms with van der Waals surface area (Å²) < 4.78 is 31.8. The van der Waals surface area contributed by atoms with Crippen molar-refractivity contribution < 1.29 is 23.4 Å². The molecule has 3 nitrogen and oxygen atoms in total. The van der Waals surface area contributed by atoms with Gasteiger partial charge in [0.25, 0.3) is 0 Å². The van der Waals surface area contributed by atoms with Crippen LogP contribution in [0.3, 0.4) is 0 Å². The molecule has 2 fully saturated rings. The number of carbonyl (C=O) groups is 1. The Morgan fingerprint density at radius 2 is 1.82 bits per heavy atom. The number of ether oxygens (including phenoxy) is 1. The van der Waals surface area contributed by atoms with Crippen LogP contribution in [0.15, 0.2) is 0 Å². The third-order valence-electron chi connectivity index (χ3n) is 4.10. The first-order valence-electron chi connectivity index (χ1n) is 6.19. The van der Waals surface area contributed by atoms with E-state index in [0.29, 0.717) is 13.0 Å². The van der Waals surface area contributed by atoms with Crippen LogP contribution in [0.4, 0.5) is 8.78 Å². The molecule has 17 heavy (non-hydrogen) atoms. The van der Waals surface area contributed by atoms with Gasteiger partial charge in [-0.3, -0.25) is 4.79 Å². The minimum atomic E-state index is -2.70. The highest BCUT2D eigenvalue weighted by Gasteiger charge is 2.53. The van der Waals surface area contributed by atoms with Crippen LogP contribution in [0, 0.1) is 5.41 Å². The second kappa shape index (κ2) is 4.52. The van der Waals surface area contributed by atoms with Gasteiger partial charge >= 0.3 is 5.97 Å². The minimum absolute atomic E-state index is 0.0278. The molecular weight excluding hydrogens is 230 g/mol. The van der Waals surface area contributed by atoms with Crippen LogP contribution in [0.1, 0.15) is 44.9 Å². The Labute approximate surface area is 99.1 Å². The van der Waals surface area contributed by atoms with Crippen LogP contribution in [-0.2, 0) is 9.53 Å². The fourth-order valence-electron chi connectivity index (χ4n) is 2.91. The van der Waals surface area contributed by atoms with Crippen LogP contribution >= 0.6 is 0 Å². The Morgan fingerprint density at radius 1 is 1.18 bits per heavy atom. The molecule has 1 aliphatic carbocycles. The van der Waals surface area contributed by atoms with E-state index in [-0.39, 0.29) is 31.8 Å². The van der Waals surface area contributed by atoms with Gasteiger partial charge in [-0.25, -0.2) is 8.78 Å². The molecule has 1 atom stereocenters. The molecule has 1 heterocycles. The van der Waals surface area contributed by atoms with E-state index in [9.17, 15) is 18.7 Å². The maximum absolute atomic E-state index is 13.1. The summed E-state index contributed by atoms with van der Waals surface area (Å²) >= 11 is 0. The molecule has 2 rings (SSSR count). The average Bonchev–Trinajstić information content (AvgIpc) is 2.30. The maximum Gasteiger partial charge on any atom is 0.312 e. The highest BCUT2D eigenvalue weighted by Crippen LogP contribution is 2.48. The molecule has 98 valence electrons. The van der Waals surface area contributed by atoms with Crippen molar-refractivity contribution in [1.82, 2.24) is 0 Å². The Bertz CT molecular complexity index is 288. The summed E-state index contributed by atoms with van der Waals surface area (Å²) in [5.41, 5.74) is -1.08. The van der Waals surface area contributed by atoms with Crippen molar-refractivity contribution in [1.29, 1.82) is 0 Å². The molecule has 0 bridgehead atoms. The van der Waals surface area contributed by atoms with E-state index < -0.39 is 17.3 Å². The first kappa shape index (κ1) is 12.7. The van der Waals surface area contributed by atoms with E-state index in [1.54, 1.807) is 0 Å². The highest BCUT2D eigenvalue weighted by molar-refractivity contribution is 5.75. The van der Waals surface area contributed by atoms with E-state index in [0.717, 1.165) is 12.8 Å². The van der Waals surface area contributed by atoms with E-state index >= 15 is 0 Å². The molecule has 5 heteroatoms. The molecule has 0 aromatic carbocycles. The first-order valence-corrected chi connectivity index (χ1v) is 6.19. The Kier molecular flexibility index (Phi) is 3.39. The van der Waals surface area contributed by atoms with Crippen LogP contribution in [0.2, 0.25) is 0 Å². The number of halogens is 2. The molecule has 1 unspecified atom stereocenters. The molecule has 0 radical (unpaired) electrons. The number of hydrogen-bond donors (Lipinski definition) is 1. The number of aliphatic carboxylic acids is 1. The van der Waals surface area contributed by atoms with Crippen LogP contribution in [0.5, 0.6) is 0 Å². The summed E-state index contributed by atoms with van der Waals surface area (Å²) in [5.74, 6) is -3.67. The van der Waals surface area contributed by atoms with Crippen molar-refractivity contribution >= 4 is 5.97 Å². The van der Waals surface area contributed by atoms with E-state index in [4.69, 9.17) is 4.74 Å². The van der Waals surface area contributed by atoms with Crippen molar-refractivity contribution in [2.24, 2.45) is 5.41 Å². The van der Waals surface area contributed by atoms with Gasteiger partial charge in [0.15, 0.2) is 0 Å². The zero-order chi connectivity index (χ0) is 12.5. The number of carboxylic acid groups (broad SMARTS) is 1. The summed E-state index contributed by atoms with van der Waals surface area (Å²) in [6.07, 6.45) is 1.54. The van der Waals surface area contributed by atoms with Crippen molar-refractivity contribution in [3.63, 3.8) is 0 Å². The number of alkyl halides is 2. The van der Waals surface area contributed by atoms with Gasteiger partial charge in [0, 0.05) is 19.4 Å². The van der Waals surface area contributed by atoms with Gasteiger partial charge in [-0.1, -0.05) is 0 Å². The number of carboxylic acids is 1. The molecule has 0 aromatic rings. The molecule has 1 saturated heterocycles. The Morgan fingerprint density at radius 3 is 2.29 bits per heavy atom. The Balaban J connectivity index is 2.13. The third-order valence-corrected chi connectivity index (χ3v) is 4.10. The fraction of sp³-hybridized carbons (Fsp3) is 0.917. The van der Waals surface area contributed by atoms with Gasteiger partial charge in [-0.2, -0.15) is 0 Å². The SMILES string of the molecule is O=C(O)C1(C2CCCCO2)CCC(F)(F)CC1. The van der Waals surface area contributed by atoms with Gasteiger partial charge < -0.3 is 9.84 Å². The summed E-state index contributed by atoms with van der Waals surface area (Å²) in [5, 5.41) is 9.39. The van der Waals surface area contributed by atoms with Gasteiger partial charge in [0.2, 0.25) is 5.92 Å². The lowest BCUT2D eigenvalue weighted by atomic mass is 9.67. The molecule has 2 aliphatic rings. The summed E-state index contributed by atoms with van der Waals surface area (Å²) in [6, 6.07) is 0.